The molecule has 0 saturated heterocycles. The molecule has 2 unspecified atom stereocenters. The third-order valence-electron chi connectivity index (χ3n) is 4.20. The number of alkyl halides is 3. The molecule has 2 rings (SSSR count). The van der Waals surface area contributed by atoms with Gasteiger partial charge in [0, 0.05) is 5.92 Å². The molecule has 1 aliphatic rings. The second-order valence-corrected chi connectivity index (χ2v) is 5.72. The van der Waals surface area contributed by atoms with E-state index >= 15 is 0 Å². The Balaban J connectivity index is 2.04. The van der Waals surface area contributed by atoms with Gasteiger partial charge in [0.05, 0.1) is 17.7 Å². The highest BCUT2D eigenvalue weighted by Crippen LogP contribution is 2.31. The van der Waals surface area contributed by atoms with Crippen LogP contribution in [0.3, 0.4) is 0 Å². The quantitative estimate of drug-likeness (QED) is 0.874. The van der Waals surface area contributed by atoms with Crippen LogP contribution < -0.4 is 5.32 Å². The Morgan fingerprint density at radius 2 is 1.91 bits per heavy atom. The van der Waals surface area contributed by atoms with Gasteiger partial charge in [0.25, 0.3) is 0 Å². The normalized spacial score (nSPS) is 18.4. The summed E-state index contributed by atoms with van der Waals surface area (Å²) in [6, 6.07) is 3.90. The average molecular weight is 315 g/mol. The topological polar surface area (TPSA) is 49.3 Å². The van der Waals surface area contributed by atoms with Crippen LogP contribution in [0.2, 0.25) is 0 Å². The molecule has 0 radical (unpaired) electrons. The molecule has 1 fully saturated rings. The van der Waals surface area contributed by atoms with Gasteiger partial charge in [-0.3, -0.25) is 4.79 Å². The maximum Gasteiger partial charge on any atom is 0.416 e. The number of rotatable bonds is 5. The fraction of sp³-hybridized carbons (Fsp3) is 0.562. The minimum atomic E-state index is -4.40. The second kappa shape index (κ2) is 6.69. The van der Waals surface area contributed by atoms with Crippen molar-refractivity contribution >= 4 is 5.91 Å². The molecule has 0 heterocycles. The third kappa shape index (κ3) is 3.80. The Kier molecular flexibility index (Phi) is 5.11. The van der Waals surface area contributed by atoms with Gasteiger partial charge in [-0.05, 0) is 37.0 Å². The van der Waals surface area contributed by atoms with Crippen LogP contribution in [0.15, 0.2) is 24.3 Å². The van der Waals surface area contributed by atoms with Gasteiger partial charge in [-0.15, -0.1) is 0 Å². The highest BCUT2D eigenvalue weighted by atomic mass is 19.4. The summed E-state index contributed by atoms with van der Waals surface area (Å²) < 4.78 is 37.6. The van der Waals surface area contributed by atoms with E-state index in [2.05, 4.69) is 5.32 Å². The van der Waals surface area contributed by atoms with Crippen LogP contribution >= 0.6 is 0 Å². The van der Waals surface area contributed by atoms with Crippen LogP contribution in [-0.4, -0.2) is 17.1 Å². The number of hydrogen-bond donors (Lipinski definition) is 2. The third-order valence-corrected chi connectivity index (χ3v) is 4.20. The molecule has 1 aromatic rings. The average Bonchev–Trinajstić information content (AvgIpc) is 2.41. The van der Waals surface area contributed by atoms with Gasteiger partial charge in [-0.25, -0.2) is 0 Å². The summed E-state index contributed by atoms with van der Waals surface area (Å²) in [5.74, 6) is -0.0714. The molecule has 2 atom stereocenters. The zero-order chi connectivity index (χ0) is 16.3. The zero-order valence-corrected chi connectivity index (χ0v) is 12.4. The Labute approximate surface area is 127 Å². The molecule has 1 aromatic carbocycles. The summed E-state index contributed by atoms with van der Waals surface area (Å²) in [7, 11) is 0. The van der Waals surface area contributed by atoms with E-state index in [0.717, 1.165) is 31.4 Å². The van der Waals surface area contributed by atoms with Gasteiger partial charge in [-0.2, -0.15) is 13.2 Å². The van der Waals surface area contributed by atoms with Gasteiger partial charge in [-0.1, -0.05) is 25.5 Å². The van der Waals surface area contributed by atoms with Crippen LogP contribution in [0.5, 0.6) is 0 Å². The molecule has 1 aliphatic carbocycles. The fourth-order valence-electron chi connectivity index (χ4n) is 2.48. The van der Waals surface area contributed by atoms with Crippen LogP contribution in [0.4, 0.5) is 13.2 Å². The number of carbonyl (C=O) groups is 1. The number of benzene rings is 1. The molecule has 0 aromatic heterocycles. The fourth-order valence-corrected chi connectivity index (χ4v) is 2.48. The van der Waals surface area contributed by atoms with Gasteiger partial charge in [0.15, 0.2) is 0 Å². The molecular weight excluding hydrogens is 295 g/mol. The molecular formula is C16H20F3NO2. The van der Waals surface area contributed by atoms with Crippen molar-refractivity contribution in [3.63, 3.8) is 0 Å². The van der Waals surface area contributed by atoms with Crippen molar-refractivity contribution in [2.45, 2.75) is 50.9 Å². The van der Waals surface area contributed by atoms with Gasteiger partial charge in [0.2, 0.25) is 5.91 Å². The van der Waals surface area contributed by atoms with Gasteiger partial charge >= 0.3 is 6.18 Å². The van der Waals surface area contributed by atoms with Crippen LogP contribution in [0, 0.1) is 5.92 Å². The predicted octanol–water partition coefficient (Wildman–Crippen LogP) is 3.43. The maximum atomic E-state index is 12.5. The highest BCUT2D eigenvalue weighted by Gasteiger charge is 2.31. The predicted molar refractivity (Wildman–Crippen MR) is 76.0 cm³/mol. The maximum absolute atomic E-state index is 12.5. The van der Waals surface area contributed by atoms with Crippen molar-refractivity contribution in [3.8, 4) is 0 Å². The van der Waals surface area contributed by atoms with E-state index in [4.69, 9.17) is 0 Å². The Bertz CT molecular complexity index is 509. The first-order valence-corrected chi connectivity index (χ1v) is 7.48. The highest BCUT2D eigenvalue weighted by molar-refractivity contribution is 5.79. The largest absolute Gasteiger partial charge is 0.416 e. The van der Waals surface area contributed by atoms with Crippen molar-refractivity contribution in [2.24, 2.45) is 5.92 Å². The first kappa shape index (κ1) is 16.8. The molecule has 0 aliphatic heterocycles. The van der Waals surface area contributed by atoms with Crippen LogP contribution in [0.25, 0.3) is 0 Å². The summed E-state index contributed by atoms with van der Waals surface area (Å²) in [6.07, 6.45) is -2.16. The lowest BCUT2D eigenvalue weighted by molar-refractivity contribution is -0.137. The lowest BCUT2D eigenvalue weighted by Crippen LogP contribution is -2.43. The van der Waals surface area contributed by atoms with Crippen molar-refractivity contribution in [1.29, 1.82) is 0 Å². The number of hydrogen-bond acceptors (Lipinski definition) is 2. The molecule has 0 bridgehead atoms. The van der Waals surface area contributed by atoms with Crippen molar-refractivity contribution in [2.75, 3.05) is 0 Å². The second-order valence-electron chi connectivity index (χ2n) is 5.72. The number of carbonyl (C=O) groups excluding carboxylic acids is 1. The first-order chi connectivity index (χ1) is 10.3. The number of aliphatic hydroxyl groups excluding tert-OH is 1. The van der Waals surface area contributed by atoms with E-state index in [-0.39, 0.29) is 11.8 Å². The standard InChI is InChI=1S/C16H20F3NO2/c1-2-13(20-15(22)11-4-3-5-11)14(21)10-6-8-12(9-7-10)16(17,18)19/h6-9,11,13-14,21H,2-5H2,1H3,(H,20,22). The monoisotopic (exact) mass is 315 g/mol. The minimum Gasteiger partial charge on any atom is -0.386 e. The number of halogens is 3. The van der Waals surface area contributed by atoms with Crippen LogP contribution in [-0.2, 0) is 11.0 Å². The lowest BCUT2D eigenvalue weighted by atomic mass is 9.84. The van der Waals surface area contributed by atoms with E-state index in [9.17, 15) is 23.1 Å². The number of amides is 1. The SMILES string of the molecule is CCC(NC(=O)C1CCC1)C(O)c1ccc(C(F)(F)F)cc1. The molecule has 1 saturated carbocycles. The van der Waals surface area contributed by atoms with Crippen molar-refractivity contribution in [3.05, 3.63) is 35.4 Å². The van der Waals surface area contributed by atoms with E-state index in [1.54, 1.807) is 0 Å². The van der Waals surface area contributed by atoms with Crippen LogP contribution in [0.1, 0.15) is 49.8 Å². The summed E-state index contributed by atoms with van der Waals surface area (Å²) in [5, 5.41) is 13.1. The molecule has 122 valence electrons. The number of aliphatic hydroxyl groups is 1. The summed E-state index contributed by atoms with van der Waals surface area (Å²) in [6.45, 7) is 1.82. The molecule has 0 spiro atoms. The van der Waals surface area contributed by atoms with E-state index in [1.807, 2.05) is 6.92 Å². The van der Waals surface area contributed by atoms with Gasteiger partial charge < -0.3 is 10.4 Å². The molecule has 6 heteroatoms. The van der Waals surface area contributed by atoms with E-state index in [1.165, 1.54) is 12.1 Å². The smallest absolute Gasteiger partial charge is 0.386 e. The van der Waals surface area contributed by atoms with Gasteiger partial charge in [0.1, 0.15) is 0 Å². The first-order valence-electron chi connectivity index (χ1n) is 7.48. The minimum absolute atomic E-state index is 0.00820. The Hall–Kier alpha value is -1.56. The lowest BCUT2D eigenvalue weighted by Gasteiger charge is -2.29. The molecule has 1 amide bonds. The van der Waals surface area contributed by atoms with Crippen molar-refractivity contribution < 1.29 is 23.1 Å². The summed E-state index contributed by atoms with van der Waals surface area (Å²) in [4.78, 5) is 11.9. The van der Waals surface area contributed by atoms with E-state index < -0.39 is 23.9 Å². The zero-order valence-electron chi connectivity index (χ0n) is 12.4. The number of nitrogens with one attached hydrogen (secondary N) is 1. The van der Waals surface area contributed by atoms with E-state index in [0.29, 0.717) is 12.0 Å². The summed E-state index contributed by atoms with van der Waals surface area (Å²) >= 11 is 0. The Morgan fingerprint density at radius 3 is 2.32 bits per heavy atom. The molecule has 2 N–H and O–H groups in total. The van der Waals surface area contributed by atoms with Crippen molar-refractivity contribution in [1.82, 2.24) is 5.32 Å². The summed E-state index contributed by atoms with van der Waals surface area (Å²) in [5.41, 5.74) is -0.385. The molecule has 3 nitrogen and oxygen atoms in total. The molecule has 22 heavy (non-hydrogen) atoms. The Morgan fingerprint density at radius 1 is 1.32 bits per heavy atom.